The van der Waals surface area contributed by atoms with E-state index in [0.717, 1.165) is 5.56 Å². The third kappa shape index (κ3) is 3.64. The van der Waals surface area contributed by atoms with Crippen molar-refractivity contribution in [2.24, 2.45) is 5.92 Å². The first-order chi connectivity index (χ1) is 12.4. The average molecular weight is 374 g/mol. The summed E-state index contributed by atoms with van der Waals surface area (Å²) in [6.45, 7) is 2.48. The zero-order valence-corrected chi connectivity index (χ0v) is 15.7. The Balaban J connectivity index is 1.81. The van der Waals surface area contributed by atoms with E-state index in [1.165, 1.54) is 22.8 Å². The predicted molar refractivity (Wildman–Crippen MR) is 97.8 cm³/mol. The largest absolute Gasteiger partial charge is 0.497 e. The van der Waals surface area contributed by atoms with Crippen LogP contribution in [0.3, 0.4) is 0 Å². The van der Waals surface area contributed by atoms with Crippen LogP contribution in [-0.4, -0.2) is 43.7 Å². The smallest absolute Gasteiger partial charge is 0.244 e. The Labute approximate surface area is 153 Å². The predicted octanol–water partition coefficient (Wildman–Crippen LogP) is 2.68. The number of ketones is 1. The molecule has 0 amide bonds. The Hall–Kier alpha value is -2.25. The maximum Gasteiger partial charge on any atom is 0.244 e. The summed E-state index contributed by atoms with van der Waals surface area (Å²) < 4.78 is 32.2. The SMILES string of the molecule is COc1ccc(C(=O)[C@H]2CCCN(S(=O)(=O)c3cccnc3)C2)c(C)c1. The van der Waals surface area contributed by atoms with Gasteiger partial charge in [0.1, 0.15) is 10.6 Å². The van der Waals surface area contributed by atoms with Crippen LogP contribution in [0.25, 0.3) is 0 Å². The highest BCUT2D eigenvalue weighted by atomic mass is 32.2. The summed E-state index contributed by atoms with van der Waals surface area (Å²) in [5.41, 5.74) is 1.46. The monoisotopic (exact) mass is 374 g/mol. The summed E-state index contributed by atoms with van der Waals surface area (Å²) in [6, 6.07) is 8.46. The number of benzene rings is 1. The van der Waals surface area contributed by atoms with Gasteiger partial charge in [0.05, 0.1) is 7.11 Å². The van der Waals surface area contributed by atoms with Gasteiger partial charge in [-0.3, -0.25) is 9.78 Å². The van der Waals surface area contributed by atoms with Gasteiger partial charge in [0.15, 0.2) is 5.78 Å². The number of aromatic nitrogens is 1. The number of carbonyl (C=O) groups excluding carboxylic acids is 1. The molecule has 0 spiro atoms. The zero-order valence-electron chi connectivity index (χ0n) is 14.9. The van der Waals surface area contributed by atoms with Gasteiger partial charge in [-0.2, -0.15) is 4.31 Å². The van der Waals surface area contributed by atoms with Crippen molar-refractivity contribution < 1.29 is 17.9 Å². The van der Waals surface area contributed by atoms with E-state index in [1.54, 1.807) is 25.3 Å². The number of aryl methyl sites for hydroxylation is 1. The van der Waals surface area contributed by atoms with Crippen LogP contribution in [0.15, 0.2) is 47.6 Å². The van der Waals surface area contributed by atoms with E-state index in [2.05, 4.69) is 4.98 Å². The quantitative estimate of drug-likeness (QED) is 0.752. The lowest BCUT2D eigenvalue weighted by Gasteiger charge is -2.31. The molecule has 0 unspecified atom stereocenters. The van der Waals surface area contributed by atoms with Crippen LogP contribution in [-0.2, 0) is 10.0 Å². The Morgan fingerprint density at radius 3 is 2.77 bits per heavy atom. The summed E-state index contributed by atoms with van der Waals surface area (Å²) in [6.07, 6.45) is 4.22. The molecule has 138 valence electrons. The minimum absolute atomic E-state index is 0.0174. The number of pyridine rings is 1. The van der Waals surface area contributed by atoms with E-state index in [-0.39, 0.29) is 23.1 Å². The number of methoxy groups -OCH3 is 1. The molecule has 1 atom stereocenters. The zero-order chi connectivity index (χ0) is 18.7. The van der Waals surface area contributed by atoms with Crippen molar-refractivity contribution in [2.75, 3.05) is 20.2 Å². The molecule has 1 fully saturated rings. The van der Waals surface area contributed by atoms with Crippen LogP contribution in [0.4, 0.5) is 0 Å². The number of Topliss-reactive ketones (excluding diaryl/α,β-unsaturated/α-hetero) is 1. The van der Waals surface area contributed by atoms with Gasteiger partial charge in [-0.1, -0.05) is 0 Å². The Morgan fingerprint density at radius 1 is 1.31 bits per heavy atom. The average Bonchev–Trinajstić information content (AvgIpc) is 2.68. The van der Waals surface area contributed by atoms with E-state index in [0.29, 0.717) is 30.7 Å². The summed E-state index contributed by atoms with van der Waals surface area (Å²) in [5, 5.41) is 0. The first-order valence-electron chi connectivity index (χ1n) is 8.52. The van der Waals surface area contributed by atoms with Crippen molar-refractivity contribution in [1.82, 2.24) is 9.29 Å². The van der Waals surface area contributed by atoms with Gasteiger partial charge in [-0.15, -0.1) is 0 Å². The van der Waals surface area contributed by atoms with Crippen molar-refractivity contribution in [3.8, 4) is 5.75 Å². The topological polar surface area (TPSA) is 76.6 Å². The molecule has 7 heteroatoms. The number of hydrogen-bond donors (Lipinski definition) is 0. The van der Waals surface area contributed by atoms with Crippen molar-refractivity contribution in [1.29, 1.82) is 0 Å². The molecule has 2 heterocycles. The highest BCUT2D eigenvalue weighted by Crippen LogP contribution is 2.27. The van der Waals surface area contributed by atoms with Crippen molar-refractivity contribution in [3.05, 3.63) is 53.9 Å². The molecule has 6 nitrogen and oxygen atoms in total. The van der Waals surface area contributed by atoms with Gasteiger partial charge in [0.25, 0.3) is 0 Å². The Morgan fingerprint density at radius 2 is 2.12 bits per heavy atom. The van der Waals surface area contributed by atoms with Crippen LogP contribution in [0, 0.1) is 12.8 Å². The lowest BCUT2D eigenvalue weighted by molar-refractivity contribution is 0.0871. The first-order valence-corrected chi connectivity index (χ1v) is 9.96. The molecule has 0 saturated carbocycles. The lowest BCUT2D eigenvalue weighted by Crippen LogP contribution is -2.42. The van der Waals surface area contributed by atoms with Crippen LogP contribution in [0.2, 0.25) is 0 Å². The van der Waals surface area contributed by atoms with Crippen molar-refractivity contribution in [2.45, 2.75) is 24.7 Å². The third-order valence-electron chi connectivity index (χ3n) is 4.73. The standard InChI is InChI=1S/C19H22N2O4S/c1-14-11-16(25-2)7-8-18(14)19(22)15-5-4-10-21(13-15)26(23,24)17-6-3-9-20-12-17/h3,6-9,11-12,15H,4-5,10,13H2,1-2H3/t15-/m0/s1. The van der Waals surface area contributed by atoms with Gasteiger partial charge >= 0.3 is 0 Å². The third-order valence-corrected chi connectivity index (χ3v) is 6.57. The molecule has 3 rings (SSSR count). The van der Waals surface area contributed by atoms with Gasteiger partial charge in [0.2, 0.25) is 10.0 Å². The molecule has 0 radical (unpaired) electrons. The van der Waals surface area contributed by atoms with Crippen LogP contribution < -0.4 is 4.74 Å². The van der Waals surface area contributed by atoms with Gasteiger partial charge in [0, 0.05) is 37.0 Å². The minimum atomic E-state index is -3.63. The second-order valence-corrected chi connectivity index (χ2v) is 8.37. The highest BCUT2D eigenvalue weighted by Gasteiger charge is 2.34. The number of hydrogen-bond acceptors (Lipinski definition) is 5. The molecule has 1 aliphatic rings. The van der Waals surface area contributed by atoms with Gasteiger partial charge < -0.3 is 4.74 Å². The van der Waals surface area contributed by atoms with Gasteiger partial charge in [-0.05, 0) is 55.7 Å². The van der Waals surface area contributed by atoms with Crippen LogP contribution in [0.5, 0.6) is 5.75 Å². The maximum atomic E-state index is 13.0. The molecular weight excluding hydrogens is 352 g/mol. The lowest BCUT2D eigenvalue weighted by atomic mass is 9.89. The van der Waals surface area contributed by atoms with Crippen LogP contribution in [0.1, 0.15) is 28.8 Å². The summed E-state index contributed by atoms with van der Waals surface area (Å²) in [7, 11) is -2.05. The molecular formula is C19H22N2O4S. The van der Waals surface area contributed by atoms with Crippen molar-refractivity contribution >= 4 is 15.8 Å². The van der Waals surface area contributed by atoms with Crippen molar-refractivity contribution in [3.63, 3.8) is 0 Å². The molecule has 26 heavy (non-hydrogen) atoms. The minimum Gasteiger partial charge on any atom is -0.497 e. The van der Waals surface area contributed by atoms with E-state index >= 15 is 0 Å². The van der Waals surface area contributed by atoms with Crippen LogP contribution >= 0.6 is 0 Å². The van der Waals surface area contributed by atoms with Gasteiger partial charge in [-0.25, -0.2) is 8.42 Å². The number of sulfonamides is 1. The summed E-state index contributed by atoms with van der Waals surface area (Å²) in [4.78, 5) is 17.0. The Bertz CT molecular complexity index is 897. The fourth-order valence-electron chi connectivity index (χ4n) is 3.28. The molecule has 0 N–H and O–H groups in total. The summed E-state index contributed by atoms with van der Waals surface area (Å²) >= 11 is 0. The molecule has 0 bridgehead atoms. The summed E-state index contributed by atoms with van der Waals surface area (Å²) in [5.74, 6) is 0.335. The molecule has 2 aromatic rings. The molecule has 0 aliphatic carbocycles. The number of piperidine rings is 1. The molecule has 1 aliphatic heterocycles. The first kappa shape index (κ1) is 18.5. The maximum absolute atomic E-state index is 13.0. The highest BCUT2D eigenvalue weighted by molar-refractivity contribution is 7.89. The molecule has 1 saturated heterocycles. The molecule has 1 aromatic carbocycles. The number of ether oxygens (including phenoxy) is 1. The molecule has 1 aromatic heterocycles. The normalized spacial score (nSPS) is 18.5. The fourth-order valence-corrected chi connectivity index (χ4v) is 4.77. The van der Waals surface area contributed by atoms with E-state index in [1.807, 2.05) is 13.0 Å². The number of rotatable bonds is 5. The Kier molecular flexibility index (Phi) is 5.38. The van der Waals surface area contributed by atoms with E-state index in [4.69, 9.17) is 4.74 Å². The number of nitrogens with zero attached hydrogens (tertiary/aromatic N) is 2. The second-order valence-electron chi connectivity index (χ2n) is 6.44. The fraction of sp³-hybridized carbons (Fsp3) is 0.368. The number of carbonyl (C=O) groups is 1. The van der Waals surface area contributed by atoms with E-state index in [9.17, 15) is 13.2 Å². The van der Waals surface area contributed by atoms with E-state index < -0.39 is 10.0 Å². The second kappa shape index (κ2) is 7.55.